The van der Waals surface area contributed by atoms with Gasteiger partial charge in [0.1, 0.15) is 0 Å². The highest BCUT2D eigenvalue weighted by Gasteiger charge is 2.40. The molecule has 0 unspecified atom stereocenters. The molecule has 0 saturated carbocycles. The summed E-state index contributed by atoms with van der Waals surface area (Å²) in [7, 11) is 0. The van der Waals surface area contributed by atoms with E-state index in [1.54, 1.807) is 4.90 Å². The van der Waals surface area contributed by atoms with Crippen LogP contribution < -0.4 is 0 Å². The number of aryl methyl sites for hydroxylation is 1. The van der Waals surface area contributed by atoms with Crippen molar-refractivity contribution >= 4 is 11.5 Å². The monoisotopic (exact) mass is 355 g/mol. The van der Waals surface area contributed by atoms with Gasteiger partial charge in [0.15, 0.2) is 5.76 Å². The van der Waals surface area contributed by atoms with Crippen LogP contribution in [0.1, 0.15) is 28.3 Å². The van der Waals surface area contributed by atoms with Gasteiger partial charge in [-0.25, -0.2) is 0 Å². The van der Waals surface area contributed by atoms with Crippen LogP contribution in [0.4, 0.5) is 0 Å². The lowest BCUT2D eigenvalue weighted by atomic mass is 9.93. The molecule has 0 aliphatic carbocycles. The van der Waals surface area contributed by atoms with E-state index in [1.807, 2.05) is 91.9 Å². The SMILES string of the molecule is Cc1ccc(CN2C(=O)C(O)=C(c3ccccc3)[C@@H]2c2ccccc2)cc1. The third-order valence-electron chi connectivity index (χ3n) is 4.98. The van der Waals surface area contributed by atoms with E-state index in [9.17, 15) is 9.90 Å². The van der Waals surface area contributed by atoms with Gasteiger partial charge in [0.2, 0.25) is 0 Å². The fraction of sp³-hybridized carbons (Fsp3) is 0.125. The summed E-state index contributed by atoms with van der Waals surface area (Å²) in [5, 5.41) is 10.7. The summed E-state index contributed by atoms with van der Waals surface area (Å²) in [5.41, 5.74) is 4.73. The van der Waals surface area contributed by atoms with Gasteiger partial charge in [-0.2, -0.15) is 0 Å². The zero-order valence-corrected chi connectivity index (χ0v) is 15.2. The molecule has 3 aromatic carbocycles. The molecule has 3 heteroatoms. The van der Waals surface area contributed by atoms with Crippen LogP contribution in [0.2, 0.25) is 0 Å². The Labute approximate surface area is 159 Å². The van der Waals surface area contributed by atoms with E-state index < -0.39 is 0 Å². The standard InChI is InChI=1S/C24H21NO2/c1-17-12-14-18(15-13-17)16-25-22(20-10-6-3-7-11-20)21(23(26)24(25)27)19-8-4-2-5-9-19/h2-15,22,26H,16H2,1H3/t22-/m0/s1. The van der Waals surface area contributed by atoms with Crippen LogP contribution in [-0.4, -0.2) is 15.9 Å². The molecule has 1 aliphatic heterocycles. The summed E-state index contributed by atoms with van der Waals surface area (Å²) < 4.78 is 0. The molecule has 0 fully saturated rings. The van der Waals surface area contributed by atoms with E-state index in [1.165, 1.54) is 5.56 Å². The van der Waals surface area contributed by atoms with Gasteiger partial charge in [-0.3, -0.25) is 4.79 Å². The van der Waals surface area contributed by atoms with E-state index in [4.69, 9.17) is 0 Å². The zero-order valence-electron chi connectivity index (χ0n) is 15.2. The lowest BCUT2D eigenvalue weighted by molar-refractivity contribution is -0.130. The molecule has 1 aliphatic rings. The highest BCUT2D eigenvalue weighted by Crippen LogP contribution is 2.43. The third-order valence-corrected chi connectivity index (χ3v) is 4.98. The van der Waals surface area contributed by atoms with Crippen molar-refractivity contribution in [2.24, 2.45) is 0 Å². The first-order valence-corrected chi connectivity index (χ1v) is 9.05. The number of benzene rings is 3. The largest absolute Gasteiger partial charge is 0.503 e. The molecule has 4 rings (SSSR count). The maximum Gasteiger partial charge on any atom is 0.290 e. The Hall–Kier alpha value is -3.33. The number of hydrogen-bond donors (Lipinski definition) is 1. The van der Waals surface area contributed by atoms with E-state index in [0.29, 0.717) is 12.1 Å². The van der Waals surface area contributed by atoms with E-state index in [0.717, 1.165) is 16.7 Å². The molecule has 1 amide bonds. The third kappa shape index (κ3) is 3.24. The quantitative estimate of drug-likeness (QED) is 0.711. The number of nitrogens with zero attached hydrogens (tertiary/aromatic N) is 1. The average molecular weight is 355 g/mol. The molecule has 3 aromatic rings. The highest BCUT2D eigenvalue weighted by molar-refractivity contribution is 6.05. The van der Waals surface area contributed by atoms with Crippen molar-refractivity contribution in [3.63, 3.8) is 0 Å². The van der Waals surface area contributed by atoms with Crippen LogP contribution in [0, 0.1) is 6.92 Å². The van der Waals surface area contributed by atoms with E-state index in [-0.39, 0.29) is 17.7 Å². The summed E-state index contributed by atoms with van der Waals surface area (Å²) >= 11 is 0. The topological polar surface area (TPSA) is 40.5 Å². The maximum atomic E-state index is 13.0. The summed E-state index contributed by atoms with van der Waals surface area (Å²) in [6, 6.07) is 27.3. The second-order valence-electron chi connectivity index (χ2n) is 6.86. The average Bonchev–Trinajstić information content (AvgIpc) is 2.96. The van der Waals surface area contributed by atoms with Gasteiger partial charge in [0.05, 0.1) is 6.04 Å². The highest BCUT2D eigenvalue weighted by atomic mass is 16.3. The molecule has 1 heterocycles. The molecule has 27 heavy (non-hydrogen) atoms. The molecule has 0 bridgehead atoms. The number of aliphatic hydroxyl groups excluding tert-OH is 1. The van der Waals surface area contributed by atoms with Crippen molar-refractivity contribution in [1.82, 2.24) is 4.90 Å². The molecule has 3 nitrogen and oxygen atoms in total. The smallest absolute Gasteiger partial charge is 0.290 e. The first-order chi connectivity index (χ1) is 13.1. The first-order valence-electron chi connectivity index (χ1n) is 9.05. The predicted molar refractivity (Wildman–Crippen MR) is 107 cm³/mol. The molecule has 134 valence electrons. The summed E-state index contributed by atoms with van der Waals surface area (Å²) in [6.07, 6.45) is 0. The van der Waals surface area contributed by atoms with Gasteiger partial charge in [-0.15, -0.1) is 0 Å². The Kier molecular flexibility index (Phi) is 4.51. The first kappa shape index (κ1) is 17.1. The summed E-state index contributed by atoms with van der Waals surface area (Å²) in [6.45, 7) is 2.48. The van der Waals surface area contributed by atoms with Crippen LogP contribution in [0.5, 0.6) is 0 Å². The predicted octanol–water partition coefficient (Wildman–Crippen LogP) is 5.05. The van der Waals surface area contributed by atoms with Crippen molar-refractivity contribution in [1.29, 1.82) is 0 Å². The maximum absolute atomic E-state index is 13.0. The Morgan fingerprint density at radius 1 is 0.852 bits per heavy atom. The minimum absolute atomic E-state index is 0.165. The van der Waals surface area contributed by atoms with Crippen molar-refractivity contribution in [3.8, 4) is 0 Å². The Balaban J connectivity index is 1.79. The normalized spacial score (nSPS) is 16.9. The molecule has 0 aromatic heterocycles. The van der Waals surface area contributed by atoms with Crippen molar-refractivity contribution in [2.75, 3.05) is 0 Å². The van der Waals surface area contributed by atoms with E-state index >= 15 is 0 Å². The Bertz CT molecular complexity index is 976. The second kappa shape index (κ2) is 7.12. The van der Waals surface area contributed by atoms with Crippen molar-refractivity contribution in [2.45, 2.75) is 19.5 Å². The van der Waals surface area contributed by atoms with Gasteiger partial charge in [-0.1, -0.05) is 90.5 Å². The van der Waals surface area contributed by atoms with Crippen LogP contribution >= 0.6 is 0 Å². The Morgan fingerprint density at radius 3 is 2.07 bits per heavy atom. The van der Waals surface area contributed by atoms with Crippen LogP contribution in [-0.2, 0) is 11.3 Å². The molecular weight excluding hydrogens is 334 g/mol. The van der Waals surface area contributed by atoms with Gasteiger partial charge in [0.25, 0.3) is 5.91 Å². The fourth-order valence-electron chi connectivity index (χ4n) is 3.60. The molecule has 1 N–H and O–H groups in total. The summed E-state index contributed by atoms with van der Waals surface area (Å²) in [5.74, 6) is -0.495. The number of amides is 1. The van der Waals surface area contributed by atoms with Gasteiger partial charge < -0.3 is 10.0 Å². The van der Waals surface area contributed by atoms with Gasteiger partial charge in [-0.05, 0) is 23.6 Å². The molecule has 0 radical (unpaired) electrons. The van der Waals surface area contributed by atoms with Crippen molar-refractivity contribution < 1.29 is 9.90 Å². The Morgan fingerprint density at radius 2 is 1.44 bits per heavy atom. The van der Waals surface area contributed by atoms with Crippen LogP contribution in [0.3, 0.4) is 0 Å². The van der Waals surface area contributed by atoms with Gasteiger partial charge >= 0.3 is 0 Å². The number of carbonyl (C=O) groups is 1. The second-order valence-corrected chi connectivity index (χ2v) is 6.86. The number of aliphatic hydroxyl groups is 1. The lowest BCUT2D eigenvalue weighted by Gasteiger charge is -2.27. The molecular formula is C24H21NO2. The zero-order chi connectivity index (χ0) is 18.8. The minimum Gasteiger partial charge on any atom is -0.503 e. The molecule has 0 spiro atoms. The van der Waals surface area contributed by atoms with Gasteiger partial charge in [0, 0.05) is 12.1 Å². The van der Waals surface area contributed by atoms with Crippen LogP contribution in [0.25, 0.3) is 5.57 Å². The van der Waals surface area contributed by atoms with Crippen molar-refractivity contribution in [3.05, 3.63) is 113 Å². The van der Waals surface area contributed by atoms with Crippen LogP contribution in [0.15, 0.2) is 90.7 Å². The minimum atomic E-state index is -0.330. The summed E-state index contributed by atoms with van der Waals surface area (Å²) in [4.78, 5) is 14.7. The van der Waals surface area contributed by atoms with E-state index in [2.05, 4.69) is 0 Å². The number of hydrogen-bond acceptors (Lipinski definition) is 2. The fourth-order valence-corrected chi connectivity index (χ4v) is 3.60. The number of rotatable bonds is 4. The molecule has 0 saturated heterocycles. The molecule has 1 atom stereocenters. The number of carbonyl (C=O) groups excluding carboxylic acids is 1. The lowest BCUT2D eigenvalue weighted by Crippen LogP contribution is -2.29.